The second-order valence-electron chi connectivity index (χ2n) is 24.3. The maximum atomic E-state index is 13.9. The Hall–Kier alpha value is -7.88. The van der Waals surface area contributed by atoms with E-state index in [1.54, 1.807) is 0 Å². The van der Waals surface area contributed by atoms with E-state index in [-0.39, 0.29) is 0 Å². The number of esters is 4. The van der Waals surface area contributed by atoms with Crippen LogP contribution in [0.5, 0.6) is 0 Å². The van der Waals surface area contributed by atoms with Gasteiger partial charge < -0.3 is 38.9 Å². The molecule has 4 heterocycles. The minimum atomic E-state index is -0.723. The Labute approximate surface area is 474 Å². The number of rotatable bonds is 14. The van der Waals surface area contributed by atoms with Gasteiger partial charge in [-0.15, -0.1) is 0 Å². The van der Waals surface area contributed by atoms with Gasteiger partial charge in [0.2, 0.25) is 0 Å². The van der Waals surface area contributed by atoms with Crippen LogP contribution in [0, 0.1) is 63.2 Å². The first-order valence-electron chi connectivity index (χ1n) is 27.8. The molecule has 0 amide bonds. The number of hydrogen-bond acceptors (Lipinski definition) is 8. The number of nitrogens with one attached hydrogen (secondary N) is 4. The summed E-state index contributed by atoms with van der Waals surface area (Å²) in [5.41, 5.74) is 11.6. The third-order valence-corrected chi connectivity index (χ3v) is 13.8. The molecular formula is C68H82N4O8. The number of aromatic nitrogens is 4. The quantitative estimate of drug-likeness (QED) is 0.0475. The standard InChI is InChI=1S/C68H82N4O8/c1-21-45-39(5)53(69-57(45)61(73)77-65(9,10)11)51(54-40(6)46(22-2)58(70-54)62(74)78-66(12,13)14)49-37-31-29-35-43(49)33-27-25-26-28-34-44-36-30-32-38-50(44)52(55-41(7)47(23-3)59(71-55)63(75)79-67(15,16)17)56-42(8)48(24-4)60(72-56)64(76)80-68(18,19)20/h29-32,35-38,51-52,69-72H,21-24H2,1-20H3. The van der Waals surface area contributed by atoms with E-state index in [4.69, 9.17) is 18.9 Å². The summed E-state index contributed by atoms with van der Waals surface area (Å²) in [7, 11) is 0. The molecule has 0 saturated carbocycles. The van der Waals surface area contributed by atoms with Crippen LogP contribution in [0.1, 0.15) is 254 Å². The zero-order chi connectivity index (χ0) is 59.4. The van der Waals surface area contributed by atoms with Crippen LogP contribution in [-0.2, 0) is 44.6 Å². The molecule has 12 heteroatoms. The molecule has 0 aliphatic carbocycles. The van der Waals surface area contributed by atoms with E-state index in [0.717, 1.165) is 78.4 Å². The zero-order valence-corrected chi connectivity index (χ0v) is 50.9. The molecule has 6 aromatic rings. The number of carbonyl (C=O) groups is 4. The first kappa shape index (κ1) is 61.3. The van der Waals surface area contributed by atoms with Crippen molar-refractivity contribution in [2.24, 2.45) is 0 Å². The van der Waals surface area contributed by atoms with Crippen LogP contribution in [0.4, 0.5) is 0 Å². The molecule has 0 unspecified atom stereocenters. The van der Waals surface area contributed by atoms with Gasteiger partial charge in [-0.05, 0) is 228 Å². The second kappa shape index (κ2) is 24.2. The fraction of sp³-hybridized carbons (Fsp3) is 0.441. The average Bonchev–Trinajstić information content (AvgIpc) is 4.08. The minimum absolute atomic E-state index is 0.381. The van der Waals surface area contributed by atoms with E-state index in [2.05, 4.69) is 55.5 Å². The van der Waals surface area contributed by atoms with Gasteiger partial charge in [-0.1, -0.05) is 75.9 Å². The van der Waals surface area contributed by atoms with Crippen molar-refractivity contribution in [2.45, 2.75) is 198 Å². The molecule has 422 valence electrons. The molecule has 2 aromatic carbocycles. The topological polar surface area (TPSA) is 168 Å². The summed E-state index contributed by atoms with van der Waals surface area (Å²) in [5, 5.41) is 0. The highest BCUT2D eigenvalue weighted by Crippen LogP contribution is 2.42. The van der Waals surface area contributed by atoms with Gasteiger partial charge >= 0.3 is 23.9 Å². The molecule has 4 N–H and O–H groups in total. The normalized spacial score (nSPS) is 11.8. The molecule has 0 saturated heterocycles. The van der Waals surface area contributed by atoms with Gasteiger partial charge in [0.25, 0.3) is 0 Å². The van der Waals surface area contributed by atoms with Crippen molar-refractivity contribution >= 4 is 23.9 Å². The van der Waals surface area contributed by atoms with Crippen molar-refractivity contribution in [3.63, 3.8) is 0 Å². The van der Waals surface area contributed by atoms with Crippen molar-refractivity contribution < 1.29 is 38.1 Å². The molecule has 12 nitrogen and oxygen atoms in total. The largest absolute Gasteiger partial charge is 0.455 e. The number of benzene rings is 2. The maximum Gasteiger partial charge on any atom is 0.355 e. The molecular weight excluding hydrogens is 1000 g/mol. The average molecular weight is 1080 g/mol. The summed E-state index contributed by atoms with van der Waals surface area (Å²) in [6.45, 7) is 38.2. The maximum absolute atomic E-state index is 13.9. The highest BCUT2D eigenvalue weighted by Gasteiger charge is 2.36. The molecule has 0 aliphatic heterocycles. The van der Waals surface area contributed by atoms with E-state index in [9.17, 15) is 19.2 Å². The minimum Gasteiger partial charge on any atom is -0.455 e. The molecule has 0 bridgehead atoms. The van der Waals surface area contributed by atoms with Crippen molar-refractivity contribution in [1.82, 2.24) is 19.9 Å². The van der Waals surface area contributed by atoms with Crippen molar-refractivity contribution in [3.05, 3.63) is 161 Å². The molecule has 80 heavy (non-hydrogen) atoms. The van der Waals surface area contributed by atoms with Crippen LogP contribution in [-0.4, -0.2) is 66.2 Å². The molecule has 0 fully saturated rings. The van der Waals surface area contributed by atoms with E-state index < -0.39 is 58.1 Å². The molecule has 6 rings (SSSR count). The molecule has 4 aromatic heterocycles. The summed E-state index contributed by atoms with van der Waals surface area (Å²) in [5.74, 6) is 15.8. The van der Waals surface area contributed by atoms with E-state index in [1.807, 2.05) is 187 Å². The fourth-order valence-electron chi connectivity index (χ4n) is 10.4. The number of carbonyl (C=O) groups excluding carboxylic acids is 4. The van der Waals surface area contributed by atoms with Gasteiger partial charge in [-0.3, -0.25) is 0 Å². The number of ether oxygens (including phenoxy) is 4. The molecule has 0 atom stereocenters. The lowest BCUT2D eigenvalue weighted by molar-refractivity contribution is 0.00496. The van der Waals surface area contributed by atoms with Gasteiger partial charge in [0.05, 0.1) is 11.8 Å². The van der Waals surface area contributed by atoms with Crippen LogP contribution >= 0.6 is 0 Å². The Bertz CT molecular complexity index is 3130. The van der Waals surface area contributed by atoms with Gasteiger partial charge in [0.15, 0.2) is 0 Å². The molecule has 0 spiro atoms. The Morgan fingerprint density at radius 2 is 0.613 bits per heavy atom. The van der Waals surface area contributed by atoms with Gasteiger partial charge in [0, 0.05) is 33.9 Å². The van der Waals surface area contributed by atoms with Crippen LogP contribution in [0.15, 0.2) is 48.5 Å². The van der Waals surface area contributed by atoms with Crippen LogP contribution in [0.2, 0.25) is 0 Å². The Kier molecular flexibility index (Phi) is 18.6. The lowest BCUT2D eigenvalue weighted by Crippen LogP contribution is -2.25. The van der Waals surface area contributed by atoms with Crippen molar-refractivity contribution in [1.29, 1.82) is 0 Å². The zero-order valence-electron chi connectivity index (χ0n) is 50.9. The highest BCUT2D eigenvalue weighted by atomic mass is 16.6. The molecule has 0 radical (unpaired) electrons. The van der Waals surface area contributed by atoms with Gasteiger partial charge in [-0.2, -0.15) is 0 Å². The smallest absolute Gasteiger partial charge is 0.355 e. The van der Waals surface area contributed by atoms with Gasteiger partial charge in [-0.25, -0.2) is 19.2 Å². The lowest BCUT2D eigenvalue weighted by atomic mass is 9.85. The first-order chi connectivity index (χ1) is 37.3. The first-order valence-corrected chi connectivity index (χ1v) is 27.8. The number of aromatic amines is 4. The van der Waals surface area contributed by atoms with Crippen molar-refractivity contribution in [3.8, 4) is 35.5 Å². The second-order valence-corrected chi connectivity index (χ2v) is 24.3. The third kappa shape index (κ3) is 13.9. The molecule has 0 aliphatic rings. The number of H-pyrrole nitrogens is 4. The summed E-state index contributed by atoms with van der Waals surface area (Å²) in [6, 6.07) is 15.6. The van der Waals surface area contributed by atoms with Crippen LogP contribution in [0.25, 0.3) is 0 Å². The Balaban J connectivity index is 1.51. The Morgan fingerprint density at radius 3 is 0.825 bits per heavy atom. The summed E-state index contributed by atoms with van der Waals surface area (Å²) in [4.78, 5) is 69.5. The predicted octanol–water partition coefficient (Wildman–Crippen LogP) is 14.1. The van der Waals surface area contributed by atoms with Gasteiger partial charge in [0.1, 0.15) is 45.2 Å². The summed E-state index contributed by atoms with van der Waals surface area (Å²) < 4.78 is 23.6. The highest BCUT2D eigenvalue weighted by molar-refractivity contribution is 5.93. The Morgan fingerprint density at radius 1 is 0.388 bits per heavy atom. The van der Waals surface area contributed by atoms with E-state index in [0.29, 0.717) is 59.6 Å². The van der Waals surface area contributed by atoms with Crippen LogP contribution in [0.3, 0.4) is 0 Å². The van der Waals surface area contributed by atoms with E-state index >= 15 is 0 Å². The predicted molar refractivity (Wildman–Crippen MR) is 317 cm³/mol. The number of hydrogen-bond donors (Lipinski definition) is 4. The summed E-state index contributed by atoms with van der Waals surface area (Å²) >= 11 is 0. The third-order valence-electron chi connectivity index (χ3n) is 13.8. The van der Waals surface area contributed by atoms with Crippen LogP contribution < -0.4 is 0 Å². The van der Waals surface area contributed by atoms with Crippen molar-refractivity contribution in [2.75, 3.05) is 0 Å². The summed E-state index contributed by atoms with van der Waals surface area (Å²) in [6.07, 6.45) is 2.28. The van der Waals surface area contributed by atoms with E-state index in [1.165, 1.54) is 0 Å². The monoisotopic (exact) mass is 1080 g/mol. The SMILES string of the molecule is CCc1c(C(=O)OC(C)(C)C)[nH]c(C(c2ccccc2C#CC#CC#Cc2ccccc2C(c2[nH]c(C(=O)OC(C)(C)C)c(CC)c2C)c2[nH]c(C(=O)OC(C)(C)C)c(CC)c2C)c2[nH]c(C(=O)OC(C)(C)C)c(CC)c2C)c1C. The fourth-order valence-corrected chi connectivity index (χ4v) is 10.4. The lowest BCUT2D eigenvalue weighted by Gasteiger charge is -2.21.